The fourth-order valence-electron chi connectivity index (χ4n) is 5.37. The molecule has 1 amide bonds. The molecule has 0 radical (unpaired) electrons. The second-order valence-corrected chi connectivity index (χ2v) is 8.99. The van der Waals surface area contributed by atoms with Crippen molar-refractivity contribution in [2.24, 2.45) is 16.1 Å². The van der Waals surface area contributed by atoms with Gasteiger partial charge in [-0.1, -0.05) is 0 Å². The van der Waals surface area contributed by atoms with Crippen LogP contribution in [0.2, 0.25) is 0 Å². The lowest BCUT2D eigenvalue weighted by molar-refractivity contribution is 0.00385. The van der Waals surface area contributed by atoms with E-state index in [0.717, 1.165) is 64.3 Å². The number of carbonyl (C=O) groups is 1. The van der Waals surface area contributed by atoms with Gasteiger partial charge in [-0.05, 0) is 37.7 Å². The van der Waals surface area contributed by atoms with Gasteiger partial charge in [0.15, 0.2) is 0 Å². The van der Waals surface area contributed by atoms with Gasteiger partial charge in [-0.25, -0.2) is 14.2 Å². The summed E-state index contributed by atoms with van der Waals surface area (Å²) in [6, 6.07) is 2.03. The average Bonchev–Trinajstić information content (AvgIpc) is 3.23. The van der Waals surface area contributed by atoms with E-state index in [-0.39, 0.29) is 17.3 Å². The van der Waals surface area contributed by atoms with Crippen molar-refractivity contribution in [3.05, 3.63) is 29.8 Å². The van der Waals surface area contributed by atoms with Gasteiger partial charge in [-0.15, -0.1) is 0 Å². The van der Waals surface area contributed by atoms with Gasteiger partial charge >= 0.3 is 6.09 Å². The number of hydrogen-bond donors (Lipinski definition) is 1. The molecule has 3 aliphatic rings. The van der Waals surface area contributed by atoms with Crippen LogP contribution in [0.5, 0.6) is 0 Å². The maximum Gasteiger partial charge on any atom is 0.409 e. The lowest BCUT2D eigenvalue weighted by Crippen LogP contribution is -2.58. The molecule has 1 aromatic rings. The molecule has 0 atom stereocenters. The van der Waals surface area contributed by atoms with Gasteiger partial charge < -0.3 is 20.3 Å². The lowest BCUT2D eigenvalue weighted by atomic mass is 9.64. The van der Waals surface area contributed by atoms with Crippen LogP contribution < -0.4 is 10.6 Å². The number of pyridine rings is 1. The minimum atomic E-state index is -0.389. The highest BCUT2D eigenvalue weighted by molar-refractivity contribution is 6.11. The Hall–Kier alpha value is -2.68. The van der Waals surface area contributed by atoms with Crippen molar-refractivity contribution in [3.8, 4) is 0 Å². The lowest BCUT2D eigenvalue weighted by Gasteiger charge is -2.52. The molecule has 2 aliphatic heterocycles. The number of nitrogens with two attached hydrogens (primary N) is 1. The molecule has 0 unspecified atom stereocenters. The minimum Gasteiger partial charge on any atom is -0.450 e. The highest BCUT2D eigenvalue weighted by atomic mass is 19.1. The number of piperazine rings is 1. The van der Waals surface area contributed by atoms with E-state index in [1.54, 1.807) is 13.3 Å². The van der Waals surface area contributed by atoms with Crippen LogP contribution >= 0.6 is 0 Å². The fraction of sp³-hybridized carbons (Fsp3) is 0.609. The minimum absolute atomic E-state index is 0.178. The Morgan fingerprint density at radius 2 is 2.09 bits per heavy atom. The van der Waals surface area contributed by atoms with Crippen molar-refractivity contribution in [1.82, 2.24) is 14.8 Å². The first-order valence-corrected chi connectivity index (χ1v) is 11.4. The number of likely N-dealkylation sites (tertiary alicyclic amines) is 1. The number of nitrogens with zero attached hydrogens (tertiary/aromatic N) is 5. The number of hydrogen-bond acceptors (Lipinski definition) is 7. The first-order chi connectivity index (χ1) is 15.5. The monoisotopic (exact) mass is 444 g/mol. The molecule has 1 aromatic heterocycles. The molecule has 174 valence electrons. The van der Waals surface area contributed by atoms with Crippen molar-refractivity contribution >= 4 is 23.7 Å². The Morgan fingerprint density at radius 1 is 1.34 bits per heavy atom. The van der Waals surface area contributed by atoms with Gasteiger partial charge in [-0.3, -0.25) is 9.89 Å². The molecule has 0 aromatic carbocycles. The zero-order valence-corrected chi connectivity index (χ0v) is 19.0. The molecular weight excluding hydrogens is 411 g/mol. The zero-order chi connectivity index (χ0) is 22.7. The SMILES string of the molecule is CCOC(=O)N1CCC2(CC(N3CCN(c4ncc(F)cc4/C(C=NC)=C/N)CC3)C2)C1. The Morgan fingerprint density at radius 3 is 2.75 bits per heavy atom. The Kier molecular flexibility index (Phi) is 6.64. The van der Waals surface area contributed by atoms with E-state index >= 15 is 0 Å². The molecule has 1 saturated carbocycles. The first-order valence-electron chi connectivity index (χ1n) is 11.4. The maximum absolute atomic E-state index is 13.9. The van der Waals surface area contributed by atoms with Crippen LogP contribution in [0.15, 0.2) is 23.5 Å². The quantitative estimate of drug-likeness (QED) is 0.702. The van der Waals surface area contributed by atoms with E-state index in [4.69, 9.17) is 10.5 Å². The number of anilines is 1. The molecule has 3 heterocycles. The summed E-state index contributed by atoms with van der Waals surface area (Å²) in [5.41, 5.74) is 7.35. The zero-order valence-electron chi connectivity index (χ0n) is 19.0. The summed E-state index contributed by atoms with van der Waals surface area (Å²) in [6.07, 6.45) is 7.49. The number of aromatic nitrogens is 1. The Bertz CT molecular complexity index is 890. The predicted molar refractivity (Wildman–Crippen MR) is 123 cm³/mol. The molecular formula is C23H33FN6O2. The summed E-state index contributed by atoms with van der Waals surface area (Å²) in [5.74, 6) is 0.355. The van der Waals surface area contributed by atoms with Gasteiger partial charge in [0.1, 0.15) is 11.6 Å². The van der Waals surface area contributed by atoms with Crippen molar-refractivity contribution in [1.29, 1.82) is 0 Å². The third kappa shape index (κ3) is 4.44. The molecule has 2 N–H and O–H groups in total. The molecule has 9 heteroatoms. The molecule has 4 rings (SSSR count). The normalized spacial score (nSPS) is 26.7. The maximum atomic E-state index is 13.9. The van der Waals surface area contributed by atoms with Crippen LogP contribution in [-0.4, -0.2) is 86.1 Å². The van der Waals surface area contributed by atoms with Gasteiger partial charge in [0.25, 0.3) is 0 Å². The van der Waals surface area contributed by atoms with Crippen molar-refractivity contribution in [3.63, 3.8) is 0 Å². The van der Waals surface area contributed by atoms with Crippen LogP contribution in [0.25, 0.3) is 5.57 Å². The van der Waals surface area contributed by atoms with Crippen LogP contribution in [0, 0.1) is 11.2 Å². The van der Waals surface area contributed by atoms with Crippen molar-refractivity contribution in [2.75, 3.05) is 57.8 Å². The van der Waals surface area contributed by atoms with Crippen LogP contribution in [-0.2, 0) is 4.74 Å². The molecule has 32 heavy (non-hydrogen) atoms. The van der Waals surface area contributed by atoms with Gasteiger partial charge in [0, 0.05) is 75.9 Å². The highest BCUT2D eigenvalue weighted by Crippen LogP contribution is 2.50. The molecule has 8 nitrogen and oxygen atoms in total. The van der Waals surface area contributed by atoms with Crippen LogP contribution in [0.1, 0.15) is 31.7 Å². The number of rotatable bonds is 5. The van der Waals surface area contributed by atoms with Gasteiger partial charge in [0.2, 0.25) is 0 Å². The van der Waals surface area contributed by atoms with E-state index in [2.05, 4.69) is 19.8 Å². The van der Waals surface area contributed by atoms with E-state index in [0.29, 0.717) is 23.8 Å². The van der Waals surface area contributed by atoms with E-state index in [1.165, 1.54) is 18.5 Å². The number of amides is 1. The van der Waals surface area contributed by atoms with Gasteiger partial charge in [-0.2, -0.15) is 0 Å². The second kappa shape index (κ2) is 9.44. The third-order valence-corrected chi connectivity index (χ3v) is 7.02. The number of allylic oxidation sites excluding steroid dienone is 1. The number of halogens is 1. The van der Waals surface area contributed by atoms with Crippen molar-refractivity contribution < 1.29 is 13.9 Å². The van der Waals surface area contributed by atoms with E-state index in [1.807, 2.05) is 11.8 Å². The Balaban J connectivity index is 1.34. The molecule has 3 fully saturated rings. The summed E-state index contributed by atoms with van der Waals surface area (Å²) in [6.45, 7) is 7.41. The largest absolute Gasteiger partial charge is 0.450 e. The number of ether oxygens (including phenoxy) is 1. The highest BCUT2D eigenvalue weighted by Gasteiger charge is 2.51. The molecule has 2 saturated heterocycles. The van der Waals surface area contributed by atoms with Crippen LogP contribution in [0.3, 0.4) is 0 Å². The smallest absolute Gasteiger partial charge is 0.409 e. The number of aliphatic imine (C=N–C) groups is 1. The summed E-state index contributed by atoms with van der Waals surface area (Å²) in [7, 11) is 1.66. The third-order valence-electron chi connectivity index (χ3n) is 7.02. The standard InChI is InChI=1S/C23H33FN6O2/c1-3-32-22(31)30-5-4-23(16-30)11-19(12-23)28-6-8-29(9-7-28)21-20(10-18(24)15-27-21)17(13-25)14-26-2/h10,13-15,19H,3-9,11-12,16,25H2,1-2H3/b17-13+,26-14?. The van der Waals surface area contributed by atoms with E-state index < -0.39 is 0 Å². The summed E-state index contributed by atoms with van der Waals surface area (Å²) < 4.78 is 19.1. The summed E-state index contributed by atoms with van der Waals surface area (Å²) >= 11 is 0. The Labute approximate surface area is 188 Å². The first kappa shape index (κ1) is 22.5. The fourth-order valence-corrected chi connectivity index (χ4v) is 5.37. The second-order valence-electron chi connectivity index (χ2n) is 8.99. The van der Waals surface area contributed by atoms with Gasteiger partial charge in [0.05, 0.1) is 12.8 Å². The molecule has 1 aliphatic carbocycles. The average molecular weight is 445 g/mol. The topological polar surface area (TPSA) is 87.3 Å². The van der Waals surface area contributed by atoms with Crippen LogP contribution in [0.4, 0.5) is 15.0 Å². The summed E-state index contributed by atoms with van der Waals surface area (Å²) in [5, 5.41) is 0. The molecule has 0 bridgehead atoms. The predicted octanol–water partition coefficient (Wildman–Crippen LogP) is 2.35. The molecule has 1 spiro atoms. The van der Waals surface area contributed by atoms with Crippen molar-refractivity contribution in [2.45, 2.75) is 32.2 Å². The van der Waals surface area contributed by atoms with E-state index in [9.17, 15) is 9.18 Å². The number of carbonyl (C=O) groups excluding carboxylic acids is 1. The summed E-state index contributed by atoms with van der Waals surface area (Å²) in [4.78, 5) is 27.0.